The molecule has 2 N–H and O–H groups in total. The molecule has 0 aliphatic carbocycles. The quantitative estimate of drug-likeness (QED) is 0.666. The van der Waals surface area contributed by atoms with Crippen LogP contribution < -0.4 is 5.32 Å². The van der Waals surface area contributed by atoms with E-state index in [9.17, 15) is 9.59 Å². The number of carboxylic acids is 1. The lowest BCUT2D eigenvalue weighted by molar-refractivity contribution is -0.147. The summed E-state index contributed by atoms with van der Waals surface area (Å²) in [6, 6.07) is 0. The predicted molar refractivity (Wildman–Crippen MR) is 53.4 cm³/mol. The Morgan fingerprint density at radius 1 is 1.53 bits per heavy atom. The van der Waals surface area contributed by atoms with Crippen LogP contribution in [0.5, 0.6) is 0 Å². The predicted octanol–water partition coefficient (Wildman–Crippen LogP) is -0.184. The Balaban J connectivity index is 1.96. The number of aliphatic carboxylic acids is 1. The summed E-state index contributed by atoms with van der Waals surface area (Å²) in [6.07, 6.45) is 3.50. The first-order valence-corrected chi connectivity index (χ1v) is 5.36. The summed E-state index contributed by atoms with van der Waals surface area (Å²) in [7, 11) is 0. The van der Waals surface area contributed by atoms with Crippen molar-refractivity contribution < 1.29 is 14.7 Å². The topological polar surface area (TPSA) is 69.6 Å². The summed E-state index contributed by atoms with van der Waals surface area (Å²) in [5, 5.41) is 12.0. The minimum Gasteiger partial charge on any atom is -0.480 e. The van der Waals surface area contributed by atoms with Gasteiger partial charge in [0.2, 0.25) is 5.91 Å². The molecular formula is C10H16N2O3. The third-order valence-electron chi connectivity index (χ3n) is 3.36. The van der Waals surface area contributed by atoms with E-state index < -0.39 is 5.97 Å². The maximum absolute atomic E-state index is 11.7. The van der Waals surface area contributed by atoms with Gasteiger partial charge in [-0.05, 0) is 25.8 Å². The van der Waals surface area contributed by atoms with Gasteiger partial charge in [0.15, 0.2) is 0 Å². The number of hydrogen-bond donors (Lipinski definition) is 2. The number of amides is 1. The number of piperidine rings is 1. The highest BCUT2D eigenvalue weighted by Crippen LogP contribution is 2.31. The lowest BCUT2D eigenvalue weighted by Gasteiger charge is -2.38. The van der Waals surface area contributed by atoms with Crippen molar-refractivity contribution in [2.75, 3.05) is 19.6 Å². The van der Waals surface area contributed by atoms with E-state index in [2.05, 4.69) is 5.32 Å². The molecule has 2 aliphatic rings. The molecule has 1 atom stereocenters. The summed E-state index contributed by atoms with van der Waals surface area (Å²) in [5.74, 6) is -0.961. The highest BCUT2D eigenvalue weighted by atomic mass is 16.4. The van der Waals surface area contributed by atoms with Crippen LogP contribution in [-0.2, 0) is 9.59 Å². The number of likely N-dealkylation sites (tertiary alicyclic amines) is 1. The molecule has 84 valence electrons. The van der Waals surface area contributed by atoms with Crippen LogP contribution in [0.2, 0.25) is 0 Å². The van der Waals surface area contributed by atoms with Crippen molar-refractivity contribution in [3.63, 3.8) is 0 Å². The number of hydrogen-bond acceptors (Lipinski definition) is 3. The fourth-order valence-corrected chi connectivity index (χ4v) is 2.53. The van der Waals surface area contributed by atoms with Crippen LogP contribution in [0.1, 0.15) is 25.7 Å². The highest BCUT2D eigenvalue weighted by molar-refractivity contribution is 5.83. The summed E-state index contributed by atoms with van der Waals surface area (Å²) in [5.41, 5.74) is -0.0217. The Kier molecular flexibility index (Phi) is 2.65. The number of nitrogens with one attached hydrogen (secondary N) is 1. The Labute approximate surface area is 88.4 Å². The van der Waals surface area contributed by atoms with Gasteiger partial charge in [-0.3, -0.25) is 9.59 Å². The number of carbonyl (C=O) groups excluding carboxylic acids is 1. The zero-order valence-corrected chi connectivity index (χ0v) is 8.66. The van der Waals surface area contributed by atoms with Crippen molar-refractivity contribution in [1.29, 1.82) is 0 Å². The van der Waals surface area contributed by atoms with E-state index in [4.69, 9.17) is 5.11 Å². The number of rotatable bonds is 2. The van der Waals surface area contributed by atoms with Crippen LogP contribution in [0.15, 0.2) is 0 Å². The fraction of sp³-hybridized carbons (Fsp3) is 0.800. The lowest BCUT2D eigenvalue weighted by Crippen LogP contribution is -2.53. The zero-order valence-electron chi connectivity index (χ0n) is 8.66. The minimum atomic E-state index is -0.932. The number of nitrogens with zero attached hydrogens (tertiary/aromatic N) is 1. The average Bonchev–Trinajstić information content (AvgIpc) is 2.59. The molecule has 5 nitrogen and oxygen atoms in total. The van der Waals surface area contributed by atoms with Crippen molar-refractivity contribution in [3.05, 3.63) is 0 Å². The first kappa shape index (κ1) is 10.4. The molecule has 0 aromatic rings. The molecule has 2 aliphatic heterocycles. The molecule has 2 fully saturated rings. The Bertz CT molecular complexity index is 284. The first-order chi connectivity index (χ1) is 7.11. The standard InChI is InChI=1S/C10H16N2O3/c13-8-6-10(2-1-4-11-10)3-5-12(8)7-9(14)15/h11H,1-7H2,(H,14,15). The Morgan fingerprint density at radius 2 is 2.33 bits per heavy atom. The van der Waals surface area contributed by atoms with Gasteiger partial charge in [0, 0.05) is 18.5 Å². The largest absolute Gasteiger partial charge is 0.480 e. The van der Waals surface area contributed by atoms with Crippen LogP contribution in [0.25, 0.3) is 0 Å². The van der Waals surface area contributed by atoms with Crippen molar-refractivity contribution >= 4 is 11.9 Å². The van der Waals surface area contributed by atoms with Gasteiger partial charge in [-0.1, -0.05) is 0 Å². The van der Waals surface area contributed by atoms with E-state index in [1.807, 2.05) is 0 Å². The van der Waals surface area contributed by atoms with Crippen LogP contribution in [0.4, 0.5) is 0 Å². The Morgan fingerprint density at radius 3 is 2.87 bits per heavy atom. The van der Waals surface area contributed by atoms with Gasteiger partial charge in [-0.2, -0.15) is 0 Å². The van der Waals surface area contributed by atoms with Gasteiger partial charge in [0.1, 0.15) is 6.54 Å². The molecule has 15 heavy (non-hydrogen) atoms. The van der Waals surface area contributed by atoms with Crippen molar-refractivity contribution in [3.8, 4) is 0 Å². The van der Waals surface area contributed by atoms with Crippen molar-refractivity contribution in [2.45, 2.75) is 31.2 Å². The molecule has 2 saturated heterocycles. The van der Waals surface area contributed by atoms with Gasteiger partial charge in [-0.25, -0.2) is 0 Å². The van der Waals surface area contributed by atoms with E-state index in [0.29, 0.717) is 13.0 Å². The first-order valence-electron chi connectivity index (χ1n) is 5.36. The van der Waals surface area contributed by atoms with Crippen molar-refractivity contribution in [1.82, 2.24) is 10.2 Å². The zero-order chi connectivity index (χ0) is 10.9. The van der Waals surface area contributed by atoms with E-state index in [1.165, 1.54) is 4.90 Å². The molecule has 0 aromatic carbocycles. The molecule has 2 rings (SSSR count). The molecule has 0 aromatic heterocycles. The summed E-state index contributed by atoms with van der Waals surface area (Å²) in [4.78, 5) is 23.7. The SMILES string of the molecule is O=C(O)CN1CCC2(CCCN2)CC1=O. The molecule has 0 saturated carbocycles. The third-order valence-corrected chi connectivity index (χ3v) is 3.36. The van der Waals surface area contributed by atoms with Gasteiger partial charge in [-0.15, -0.1) is 0 Å². The molecule has 0 radical (unpaired) electrons. The second kappa shape index (κ2) is 3.81. The van der Waals surface area contributed by atoms with Gasteiger partial charge < -0.3 is 15.3 Å². The summed E-state index contributed by atoms with van der Waals surface area (Å²) < 4.78 is 0. The summed E-state index contributed by atoms with van der Waals surface area (Å²) in [6.45, 7) is 1.39. The second-order valence-corrected chi connectivity index (χ2v) is 4.45. The molecule has 5 heteroatoms. The second-order valence-electron chi connectivity index (χ2n) is 4.45. The van der Waals surface area contributed by atoms with E-state index in [-0.39, 0.29) is 18.0 Å². The maximum Gasteiger partial charge on any atom is 0.323 e. The minimum absolute atomic E-state index is 0.0217. The monoisotopic (exact) mass is 212 g/mol. The van der Waals surface area contributed by atoms with Crippen molar-refractivity contribution in [2.24, 2.45) is 0 Å². The van der Waals surface area contributed by atoms with Crippen LogP contribution in [0, 0.1) is 0 Å². The van der Waals surface area contributed by atoms with E-state index in [1.54, 1.807) is 0 Å². The highest BCUT2D eigenvalue weighted by Gasteiger charge is 2.40. The van der Waals surface area contributed by atoms with Crippen LogP contribution in [-0.4, -0.2) is 47.1 Å². The normalized spacial score (nSPS) is 31.2. The van der Waals surface area contributed by atoms with Gasteiger partial charge >= 0.3 is 5.97 Å². The summed E-state index contributed by atoms with van der Waals surface area (Å²) >= 11 is 0. The molecule has 1 spiro atoms. The third kappa shape index (κ3) is 2.12. The molecule has 2 heterocycles. The maximum atomic E-state index is 11.7. The van der Waals surface area contributed by atoms with Gasteiger partial charge in [0.25, 0.3) is 0 Å². The van der Waals surface area contributed by atoms with E-state index >= 15 is 0 Å². The smallest absolute Gasteiger partial charge is 0.323 e. The van der Waals surface area contributed by atoms with Crippen LogP contribution >= 0.6 is 0 Å². The number of carbonyl (C=O) groups is 2. The van der Waals surface area contributed by atoms with Crippen LogP contribution in [0.3, 0.4) is 0 Å². The Hall–Kier alpha value is -1.10. The average molecular weight is 212 g/mol. The molecule has 0 bridgehead atoms. The van der Waals surface area contributed by atoms with E-state index in [0.717, 1.165) is 25.8 Å². The molecule has 1 unspecified atom stereocenters. The molecule has 1 amide bonds. The lowest BCUT2D eigenvalue weighted by atomic mass is 9.86. The van der Waals surface area contributed by atoms with Gasteiger partial charge in [0.05, 0.1) is 0 Å². The molecular weight excluding hydrogens is 196 g/mol. The number of carboxylic acid groups (broad SMARTS) is 1. The fourth-order valence-electron chi connectivity index (χ4n) is 2.53.